The Kier molecular flexibility index (Phi) is 42.1. The Balaban J connectivity index is 2.30. The zero-order valence-corrected chi connectivity index (χ0v) is 61.8. The Hall–Kier alpha value is -9.47. The molecule has 0 bridgehead atoms. The molecule has 2 fully saturated rings. The van der Waals surface area contributed by atoms with Gasteiger partial charge in [-0.05, 0) is 102 Å². The van der Waals surface area contributed by atoms with Gasteiger partial charge in [0.15, 0.2) is 0 Å². The van der Waals surface area contributed by atoms with Crippen LogP contribution in [0.2, 0.25) is 0 Å². The number of hydrogen-bond acceptors (Lipinski definition) is 26. The molecule has 2 saturated heterocycles. The Morgan fingerprint density at radius 3 is 1.30 bits per heavy atom. The summed E-state index contributed by atoms with van der Waals surface area (Å²) >= 11 is 4.03. The van der Waals surface area contributed by atoms with E-state index in [4.69, 9.17) is 22.9 Å². The average Bonchev–Trinajstić information content (AvgIpc) is 1.62. The van der Waals surface area contributed by atoms with Gasteiger partial charge in [0, 0.05) is 38.1 Å². The van der Waals surface area contributed by atoms with Gasteiger partial charge in [0.25, 0.3) is 0 Å². The number of aliphatic hydroxyl groups is 5. The van der Waals surface area contributed by atoms with Gasteiger partial charge in [0.2, 0.25) is 94.5 Å². The zero-order valence-electron chi connectivity index (χ0n) is 60.9. The predicted molar refractivity (Wildman–Crippen MR) is 379 cm³/mol. The van der Waals surface area contributed by atoms with Crippen LogP contribution in [0.15, 0.2) is 0 Å². The monoisotopic (exact) mass is 1560 g/mol. The lowest BCUT2D eigenvalue weighted by molar-refractivity contribution is -0.145. The van der Waals surface area contributed by atoms with Crippen LogP contribution in [0.4, 0.5) is 0 Å². The van der Waals surface area contributed by atoms with E-state index >= 15 is 0 Å². The number of carboxylic acids is 2. The van der Waals surface area contributed by atoms with Crippen LogP contribution in [0.3, 0.4) is 0 Å². The fraction of sp³-hybridized carbons (Fsp3) is 0.719. The van der Waals surface area contributed by atoms with Crippen LogP contribution in [-0.2, 0) is 86.3 Å². The summed E-state index contributed by atoms with van der Waals surface area (Å²) in [5.74, 6) is -20.3. The molecule has 27 N–H and O–H groups in total. The van der Waals surface area contributed by atoms with Crippen molar-refractivity contribution in [2.75, 3.05) is 58.4 Å². The molecule has 0 aliphatic carbocycles. The minimum absolute atomic E-state index is 0.00112. The molecule has 0 aromatic rings. The first kappa shape index (κ1) is 94.6. The average molecular weight is 1560 g/mol. The summed E-state index contributed by atoms with van der Waals surface area (Å²) in [6, 6.07) is -22.2. The molecule has 0 saturated carbocycles. The van der Waals surface area contributed by atoms with E-state index in [1.165, 1.54) is 0 Å². The largest absolute Gasteiger partial charge is 0.481 e. The van der Waals surface area contributed by atoms with Gasteiger partial charge < -0.3 is 132 Å². The van der Waals surface area contributed by atoms with Gasteiger partial charge in [0.1, 0.15) is 84.6 Å². The van der Waals surface area contributed by atoms with Gasteiger partial charge >= 0.3 is 11.9 Å². The third-order valence-corrected chi connectivity index (χ3v) is 17.5. The lowest BCUT2D eigenvalue weighted by Crippen LogP contribution is -2.62. The van der Waals surface area contributed by atoms with E-state index in [1.54, 1.807) is 27.7 Å². The van der Waals surface area contributed by atoms with Crippen molar-refractivity contribution in [3.8, 4) is 0 Å². The van der Waals surface area contributed by atoms with Gasteiger partial charge in [-0.3, -0.25) is 81.5 Å². The zero-order chi connectivity index (χ0) is 81.8. The first-order chi connectivity index (χ1) is 50.8. The van der Waals surface area contributed by atoms with Crippen molar-refractivity contribution in [1.29, 1.82) is 0 Å². The molecule has 2 rings (SSSR count). The summed E-state index contributed by atoms with van der Waals surface area (Å²) in [4.78, 5) is 241. The first-order valence-corrected chi connectivity index (χ1v) is 35.8. The molecule has 43 nitrogen and oxygen atoms in total. The van der Waals surface area contributed by atoms with Crippen molar-refractivity contribution in [3.05, 3.63) is 0 Å². The quantitative estimate of drug-likeness (QED) is 0.0199. The molecular weight excluding hydrogens is 1450 g/mol. The van der Waals surface area contributed by atoms with Crippen LogP contribution in [-0.4, -0.2) is 301 Å². The third kappa shape index (κ3) is 32.2. The lowest BCUT2D eigenvalue weighted by Gasteiger charge is -2.31. The van der Waals surface area contributed by atoms with Crippen LogP contribution in [0.5, 0.6) is 0 Å². The number of likely N-dealkylation sites (tertiary alicyclic amines) is 2. The number of carboxylic acid groups (broad SMARTS) is 2. The molecule has 16 amide bonds. The molecule has 108 heavy (non-hydrogen) atoms. The van der Waals surface area contributed by atoms with E-state index < -0.39 is 269 Å². The van der Waals surface area contributed by atoms with Gasteiger partial charge in [-0.2, -0.15) is 12.6 Å². The van der Waals surface area contributed by atoms with Crippen molar-refractivity contribution >= 4 is 119 Å². The lowest BCUT2D eigenvalue weighted by atomic mass is 10.0. The Bertz CT molecular complexity index is 3150. The summed E-state index contributed by atoms with van der Waals surface area (Å²) in [5.41, 5.74) is 22.1. The van der Waals surface area contributed by atoms with E-state index in [-0.39, 0.29) is 88.6 Å². The standard InChI is InChI=1S/C64H108N18O25S/c1-30(2)22-38(56(98)71-34(13-16-46(67)88)53(95)74-37(10-6-7-19-65)62(104)81-20-8-11-44(81)59(101)73-36(15-18-49(91)92)54(96)78-42(28-86)64(106)107)70-48(90)24-69-52(94)40(26-84)77-61(103)50(32(5)87)80-55(97)35(14-17-47(68)89)72-60(102)45-12-9-21-82(45)63(105)39(23-31(3)4)75-57(99)41(27-85)76-58(100)43(29-108)79-51(93)33(66)25-83/h30-45,50,83-87,108H,6-29,65-66H2,1-5H3,(H2,67,88)(H2,68,89)(H,69,94)(H,70,90)(H,71,98)(H,72,102)(H,73,101)(H,74,95)(H,75,99)(H,76,100)(H,77,103)(H,78,96)(H,79,93)(H,80,97)(H,91,92)(H,106,107)/t32-,33+,34+,35+,36+,37+,38+,39+,40+,41+,42+,43+,44+,45+,50+/m1/s1. The van der Waals surface area contributed by atoms with Gasteiger partial charge in [-0.25, -0.2) is 4.79 Å². The topological polar surface area (TPSA) is 704 Å². The number of nitrogens with one attached hydrogen (secondary N) is 12. The SMILES string of the molecule is CC(C)C[C@H](NC(=O)CNC(=O)[C@H](CO)NC(=O)[C@@H](NC(=O)[C@H](CCC(N)=O)NC(=O)[C@@H]1CCCN1C(=O)[C@H](CC(C)C)NC(=O)[C@H](CO)NC(=O)[C@H](CS)NC(=O)[C@@H](N)CO)[C@@H](C)O)C(=O)N[C@@H](CCC(N)=O)C(=O)N[C@@H](CCCCN)C(=O)N1CCC[C@H]1C(=O)N[C@@H](CCC(=O)O)C(=O)N[C@@H](CO)C(=O)O. The maximum Gasteiger partial charge on any atom is 0.328 e. The second kappa shape index (κ2) is 48.0. The molecule has 15 atom stereocenters. The summed E-state index contributed by atoms with van der Waals surface area (Å²) in [6.45, 7) is 2.88. The van der Waals surface area contributed by atoms with Gasteiger partial charge in [-0.1, -0.05) is 27.7 Å². The van der Waals surface area contributed by atoms with Gasteiger partial charge in [-0.15, -0.1) is 0 Å². The minimum atomic E-state index is -1.99. The van der Waals surface area contributed by atoms with E-state index in [2.05, 4.69) is 71.1 Å². The molecule has 44 heteroatoms. The van der Waals surface area contributed by atoms with E-state index in [0.717, 1.165) is 16.7 Å². The summed E-state index contributed by atoms with van der Waals surface area (Å²) in [6.07, 6.45) is -4.28. The summed E-state index contributed by atoms with van der Waals surface area (Å²) < 4.78 is 0. The first-order valence-electron chi connectivity index (χ1n) is 35.2. The number of carbonyl (C=O) groups is 18. The molecule has 0 aromatic heterocycles. The van der Waals surface area contributed by atoms with Crippen LogP contribution < -0.4 is 86.7 Å². The van der Waals surface area contributed by atoms with Crippen molar-refractivity contribution in [2.24, 2.45) is 34.8 Å². The highest BCUT2D eigenvalue weighted by Crippen LogP contribution is 2.23. The highest BCUT2D eigenvalue weighted by Gasteiger charge is 2.43. The van der Waals surface area contributed by atoms with E-state index in [9.17, 15) is 122 Å². The maximum absolute atomic E-state index is 14.4. The number of nitrogens with two attached hydrogens (primary N) is 4. The van der Waals surface area contributed by atoms with Crippen molar-refractivity contribution in [1.82, 2.24) is 73.6 Å². The molecule has 0 unspecified atom stereocenters. The maximum atomic E-state index is 14.4. The summed E-state index contributed by atoms with van der Waals surface area (Å²) in [7, 11) is 0. The molecule has 610 valence electrons. The number of aliphatic hydroxyl groups excluding tert-OH is 5. The second-order valence-electron chi connectivity index (χ2n) is 26.8. The smallest absolute Gasteiger partial charge is 0.328 e. The molecule has 0 spiro atoms. The minimum Gasteiger partial charge on any atom is -0.481 e. The van der Waals surface area contributed by atoms with Gasteiger partial charge in [0.05, 0.1) is 39.1 Å². The molecule has 2 heterocycles. The number of carbonyl (C=O) groups excluding carboxylic acids is 16. The molecule has 2 aliphatic heterocycles. The fourth-order valence-electron chi connectivity index (χ4n) is 11.3. The number of amides is 16. The Morgan fingerprint density at radius 2 is 0.843 bits per heavy atom. The van der Waals surface area contributed by atoms with Crippen LogP contribution in [0.25, 0.3) is 0 Å². The van der Waals surface area contributed by atoms with Crippen molar-refractivity contribution < 1.29 is 122 Å². The normalized spacial score (nSPS) is 17.7. The number of aliphatic carboxylic acids is 2. The number of nitrogens with zero attached hydrogens (tertiary/aromatic N) is 2. The van der Waals surface area contributed by atoms with E-state index in [0.29, 0.717) is 6.42 Å². The molecule has 2 aliphatic rings. The number of hydrogen-bond donors (Lipinski definition) is 24. The molecular formula is C64H108N18O25S. The predicted octanol–water partition coefficient (Wildman–Crippen LogP) is -11.3. The number of thiol groups is 1. The number of unbranched alkanes of at least 4 members (excludes halogenated alkanes) is 1. The third-order valence-electron chi connectivity index (χ3n) is 17.1. The second-order valence-corrected chi connectivity index (χ2v) is 27.2. The van der Waals surface area contributed by atoms with Crippen molar-refractivity contribution in [3.63, 3.8) is 0 Å². The van der Waals surface area contributed by atoms with E-state index in [1.807, 2.05) is 5.32 Å². The van der Waals surface area contributed by atoms with Crippen LogP contribution >= 0.6 is 12.6 Å². The summed E-state index contributed by atoms with van der Waals surface area (Å²) in [5, 5.41) is 96.3. The highest BCUT2D eigenvalue weighted by atomic mass is 32.1. The fourth-order valence-corrected chi connectivity index (χ4v) is 11.5. The number of rotatable bonds is 50. The Labute approximate surface area is 627 Å². The Morgan fingerprint density at radius 1 is 0.444 bits per heavy atom. The van der Waals surface area contributed by atoms with Crippen LogP contribution in [0, 0.1) is 11.8 Å². The van der Waals surface area contributed by atoms with Crippen LogP contribution in [0.1, 0.15) is 131 Å². The highest BCUT2D eigenvalue weighted by molar-refractivity contribution is 7.80. The van der Waals surface area contributed by atoms with Crippen molar-refractivity contribution in [2.45, 2.75) is 222 Å². The number of primary amides is 2. The molecule has 0 aromatic carbocycles. The molecule has 0 radical (unpaired) electrons.